The summed E-state index contributed by atoms with van der Waals surface area (Å²) < 4.78 is 0. The molecular weight excluding hydrogens is 424 g/mol. The van der Waals surface area contributed by atoms with Gasteiger partial charge in [-0.25, -0.2) is 0 Å². The molecule has 3 N–H and O–H groups in total. The van der Waals surface area contributed by atoms with Crippen LogP contribution >= 0.6 is 0 Å². The van der Waals surface area contributed by atoms with Gasteiger partial charge in [-0.3, -0.25) is 4.79 Å². The molecule has 194 valence electrons. The van der Waals surface area contributed by atoms with Crippen molar-refractivity contribution in [1.29, 1.82) is 0 Å². The molecule has 0 aromatic carbocycles. The van der Waals surface area contributed by atoms with Gasteiger partial charge in [0.1, 0.15) is 0 Å². The van der Waals surface area contributed by atoms with Gasteiger partial charge in [0.15, 0.2) is 0 Å². The highest BCUT2D eigenvalue weighted by molar-refractivity contribution is 5.77. The molecule has 0 spiro atoms. The van der Waals surface area contributed by atoms with Crippen molar-refractivity contribution in [2.75, 3.05) is 0 Å². The first-order valence-electron chi connectivity index (χ1n) is 14.0. The molecule has 4 rings (SSSR count). The van der Waals surface area contributed by atoms with Crippen LogP contribution in [-0.2, 0) is 4.79 Å². The molecule has 0 aromatic heterocycles. The van der Waals surface area contributed by atoms with Crippen LogP contribution in [0.5, 0.6) is 0 Å². The van der Waals surface area contributed by atoms with Gasteiger partial charge in [-0.1, -0.05) is 53.2 Å². The molecule has 0 radical (unpaired) electrons. The van der Waals surface area contributed by atoms with Crippen molar-refractivity contribution >= 4 is 5.97 Å². The van der Waals surface area contributed by atoms with E-state index in [1.54, 1.807) is 0 Å². The number of aliphatic carboxylic acids is 1. The topological polar surface area (TPSA) is 77.8 Å². The van der Waals surface area contributed by atoms with Crippen LogP contribution in [-0.4, -0.2) is 33.0 Å². The monoisotopic (exact) mass is 474 g/mol. The predicted molar refractivity (Wildman–Crippen MR) is 136 cm³/mol. The first kappa shape index (κ1) is 26.2. The van der Waals surface area contributed by atoms with Gasteiger partial charge >= 0.3 is 5.97 Å². The SMILES string of the molecule is C[C@@H]1CC[C@@]2(C(=O)O)CC[C@]3(C)/C(=C\CC[C@]4(C)CC[C@@H](O)C(C)(C)[C@@H]4CC[C@@H]3C)[C@@H]2[C@]1(C)O. The number of hydrogen-bond donors (Lipinski definition) is 3. The summed E-state index contributed by atoms with van der Waals surface area (Å²) in [5.74, 6) is -0.0796. The van der Waals surface area contributed by atoms with E-state index in [4.69, 9.17) is 0 Å². The molecule has 9 atom stereocenters. The summed E-state index contributed by atoms with van der Waals surface area (Å²) in [5, 5.41) is 33.3. The minimum atomic E-state index is -1.02. The second-order valence-electron chi connectivity index (χ2n) is 14.2. The van der Waals surface area contributed by atoms with Crippen LogP contribution in [0.15, 0.2) is 11.6 Å². The fourth-order valence-electron chi connectivity index (χ4n) is 9.27. The molecule has 0 aromatic rings. The third-order valence-corrected chi connectivity index (χ3v) is 12.3. The van der Waals surface area contributed by atoms with Gasteiger partial charge < -0.3 is 15.3 Å². The Morgan fingerprint density at radius 2 is 1.56 bits per heavy atom. The lowest BCUT2D eigenvalue weighted by Gasteiger charge is -2.61. The van der Waals surface area contributed by atoms with E-state index in [9.17, 15) is 20.1 Å². The Balaban J connectivity index is 1.80. The Morgan fingerprint density at radius 1 is 0.882 bits per heavy atom. The molecule has 0 saturated heterocycles. The Labute approximate surface area is 207 Å². The van der Waals surface area contributed by atoms with Crippen LogP contribution < -0.4 is 0 Å². The number of rotatable bonds is 1. The van der Waals surface area contributed by atoms with E-state index in [1.807, 2.05) is 6.92 Å². The number of aliphatic hydroxyl groups excluding tert-OH is 1. The van der Waals surface area contributed by atoms with Gasteiger partial charge in [0.2, 0.25) is 0 Å². The van der Waals surface area contributed by atoms with Crippen molar-refractivity contribution in [3.05, 3.63) is 11.6 Å². The summed E-state index contributed by atoms with van der Waals surface area (Å²) in [6, 6.07) is 0. The summed E-state index contributed by atoms with van der Waals surface area (Å²) in [6.07, 6.45) is 11.2. The van der Waals surface area contributed by atoms with Crippen molar-refractivity contribution in [3.8, 4) is 0 Å². The normalized spacial score (nSPS) is 52.9. The summed E-state index contributed by atoms with van der Waals surface area (Å²) >= 11 is 0. The molecule has 0 amide bonds. The highest BCUT2D eigenvalue weighted by atomic mass is 16.4. The first-order valence-corrected chi connectivity index (χ1v) is 14.0. The molecule has 0 bridgehead atoms. The van der Waals surface area contributed by atoms with Crippen molar-refractivity contribution < 1.29 is 20.1 Å². The number of carboxylic acid groups (broad SMARTS) is 1. The average molecular weight is 475 g/mol. The number of fused-ring (bicyclic) bond motifs is 4. The molecule has 34 heavy (non-hydrogen) atoms. The second-order valence-corrected chi connectivity index (χ2v) is 14.2. The van der Waals surface area contributed by atoms with Crippen LogP contribution in [0.4, 0.5) is 0 Å². The minimum Gasteiger partial charge on any atom is -0.481 e. The maximum atomic E-state index is 12.8. The average Bonchev–Trinajstić information content (AvgIpc) is 2.74. The fourth-order valence-corrected chi connectivity index (χ4v) is 9.27. The van der Waals surface area contributed by atoms with E-state index < -0.39 is 17.0 Å². The van der Waals surface area contributed by atoms with E-state index in [-0.39, 0.29) is 34.2 Å². The van der Waals surface area contributed by atoms with Crippen molar-refractivity contribution in [1.82, 2.24) is 0 Å². The molecule has 4 aliphatic carbocycles. The van der Waals surface area contributed by atoms with Crippen LogP contribution in [0.1, 0.15) is 113 Å². The summed E-state index contributed by atoms with van der Waals surface area (Å²) in [6.45, 7) is 15.7. The third kappa shape index (κ3) is 3.64. The Kier molecular flexibility index (Phi) is 6.42. The molecule has 4 nitrogen and oxygen atoms in total. The summed E-state index contributed by atoms with van der Waals surface area (Å²) in [4.78, 5) is 12.8. The van der Waals surface area contributed by atoms with Gasteiger partial charge in [-0.15, -0.1) is 0 Å². The number of hydrogen-bond acceptors (Lipinski definition) is 3. The van der Waals surface area contributed by atoms with Gasteiger partial charge in [0.25, 0.3) is 0 Å². The largest absolute Gasteiger partial charge is 0.481 e. The Hall–Kier alpha value is -0.870. The molecule has 0 unspecified atom stereocenters. The Morgan fingerprint density at radius 3 is 2.21 bits per heavy atom. The second kappa shape index (κ2) is 8.33. The van der Waals surface area contributed by atoms with Crippen molar-refractivity contribution in [2.24, 2.45) is 45.3 Å². The lowest BCUT2D eigenvalue weighted by molar-refractivity contribution is -0.184. The zero-order valence-electron chi connectivity index (χ0n) is 22.8. The van der Waals surface area contributed by atoms with Gasteiger partial charge in [-0.2, -0.15) is 0 Å². The van der Waals surface area contributed by atoms with E-state index in [0.717, 1.165) is 51.4 Å². The van der Waals surface area contributed by atoms with Crippen LogP contribution in [0, 0.1) is 45.3 Å². The number of aliphatic hydroxyl groups is 2. The number of allylic oxidation sites excluding steroid dienone is 1. The lowest BCUT2D eigenvalue weighted by Crippen LogP contribution is -2.62. The van der Waals surface area contributed by atoms with Crippen molar-refractivity contribution in [3.63, 3.8) is 0 Å². The standard InChI is InChI=1S/C30H50O4/c1-19-10-11-22-26(3,4)23(31)13-15-27(22,5)14-8-9-21-24-29(7,34)20(2)12-16-30(24,25(32)33)18-17-28(19,21)6/h9,19-20,22-24,31,34H,8,10-18H2,1-7H3,(H,32,33)/b21-9-/t19-,20+,22-,23+,24+,27+,28-,29+,30+/m0/s1. The zero-order chi connectivity index (χ0) is 25.3. The number of carbonyl (C=O) groups is 1. The van der Waals surface area contributed by atoms with E-state index >= 15 is 0 Å². The first-order chi connectivity index (χ1) is 15.6. The maximum absolute atomic E-state index is 12.8. The number of carboxylic acids is 1. The molecule has 4 aliphatic rings. The molecule has 3 saturated carbocycles. The quantitative estimate of drug-likeness (QED) is 0.374. The highest BCUT2D eigenvalue weighted by Crippen LogP contribution is 2.65. The minimum absolute atomic E-state index is 0.0847. The summed E-state index contributed by atoms with van der Waals surface area (Å²) in [7, 11) is 0. The third-order valence-electron chi connectivity index (χ3n) is 12.3. The van der Waals surface area contributed by atoms with Gasteiger partial charge in [-0.05, 0) is 105 Å². The molecule has 4 heteroatoms. The maximum Gasteiger partial charge on any atom is 0.310 e. The van der Waals surface area contributed by atoms with E-state index in [2.05, 4.69) is 47.6 Å². The summed E-state index contributed by atoms with van der Waals surface area (Å²) in [5.41, 5.74) is -0.648. The molecule has 3 fully saturated rings. The lowest BCUT2D eigenvalue weighted by atomic mass is 9.43. The fraction of sp³-hybridized carbons (Fsp3) is 0.900. The van der Waals surface area contributed by atoms with E-state index in [0.29, 0.717) is 24.7 Å². The van der Waals surface area contributed by atoms with Crippen LogP contribution in [0.25, 0.3) is 0 Å². The highest BCUT2D eigenvalue weighted by Gasteiger charge is 2.64. The molecule has 0 heterocycles. The van der Waals surface area contributed by atoms with Gasteiger partial charge in [0, 0.05) is 5.92 Å². The molecule has 0 aliphatic heterocycles. The smallest absolute Gasteiger partial charge is 0.310 e. The Bertz CT molecular complexity index is 843. The van der Waals surface area contributed by atoms with Crippen LogP contribution in [0.3, 0.4) is 0 Å². The van der Waals surface area contributed by atoms with Crippen molar-refractivity contribution in [2.45, 2.75) is 124 Å². The van der Waals surface area contributed by atoms with E-state index in [1.165, 1.54) is 5.57 Å². The zero-order valence-corrected chi connectivity index (χ0v) is 22.8. The van der Waals surface area contributed by atoms with Crippen LogP contribution in [0.2, 0.25) is 0 Å². The van der Waals surface area contributed by atoms with Gasteiger partial charge in [0.05, 0.1) is 17.1 Å². The predicted octanol–water partition coefficient (Wildman–Crippen LogP) is 6.59. The molecular formula is C30H50O4.